The van der Waals surface area contributed by atoms with Crippen molar-refractivity contribution in [2.24, 2.45) is 0 Å². The van der Waals surface area contributed by atoms with Gasteiger partial charge in [-0.15, -0.1) is 0 Å². The normalized spacial score (nSPS) is 10.6. The van der Waals surface area contributed by atoms with E-state index in [4.69, 9.17) is 11.6 Å². The Morgan fingerprint density at radius 2 is 2.23 bits per heavy atom. The van der Waals surface area contributed by atoms with Crippen LogP contribution in [0.4, 0.5) is 0 Å². The average Bonchev–Trinajstić information content (AvgIpc) is 2.12. The zero-order chi connectivity index (χ0) is 9.42. The van der Waals surface area contributed by atoms with Gasteiger partial charge in [0.15, 0.2) is 0 Å². The molecular formula is C9H7ClN2O. The monoisotopic (exact) mass is 194 g/mol. The Labute approximate surface area is 79.4 Å². The Kier molecular flexibility index (Phi) is 1.81. The zero-order valence-electron chi connectivity index (χ0n) is 6.97. The predicted octanol–water partition coefficient (Wildman–Crippen LogP) is 1.88. The first-order valence-electron chi connectivity index (χ1n) is 3.82. The fourth-order valence-corrected chi connectivity index (χ4v) is 1.41. The lowest BCUT2D eigenvalue weighted by Crippen LogP contribution is -2.06. The number of halogens is 1. The maximum Gasteiger partial charge on any atom is 0.258 e. The molecule has 0 aliphatic carbocycles. The lowest BCUT2D eigenvalue weighted by Gasteiger charge is -2.00. The molecule has 2 rings (SSSR count). The van der Waals surface area contributed by atoms with Crippen molar-refractivity contribution >= 4 is 22.5 Å². The van der Waals surface area contributed by atoms with Crippen molar-refractivity contribution in [2.75, 3.05) is 0 Å². The number of nitrogens with zero attached hydrogens (tertiary/aromatic N) is 1. The molecule has 66 valence electrons. The van der Waals surface area contributed by atoms with Crippen LogP contribution in [0.2, 0.25) is 5.02 Å². The van der Waals surface area contributed by atoms with E-state index in [9.17, 15) is 4.79 Å². The lowest BCUT2D eigenvalue weighted by molar-refractivity contribution is 1.16. The van der Waals surface area contributed by atoms with Gasteiger partial charge in [-0.05, 0) is 24.6 Å². The highest BCUT2D eigenvalue weighted by Gasteiger charge is 2.04. The van der Waals surface area contributed by atoms with Gasteiger partial charge in [0, 0.05) is 5.02 Å². The van der Waals surface area contributed by atoms with E-state index in [1.807, 2.05) is 6.92 Å². The van der Waals surface area contributed by atoms with Crippen LogP contribution in [0.3, 0.4) is 0 Å². The van der Waals surface area contributed by atoms with E-state index in [1.54, 1.807) is 12.1 Å². The summed E-state index contributed by atoms with van der Waals surface area (Å²) in [6.07, 6.45) is 1.38. The molecule has 0 unspecified atom stereocenters. The molecule has 0 bridgehead atoms. The smallest absolute Gasteiger partial charge is 0.258 e. The summed E-state index contributed by atoms with van der Waals surface area (Å²) in [5, 5.41) is 1.20. The second kappa shape index (κ2) is 2.85. The summed E-state index contributed by atoms with van der Waals surface area (Å²) in [4.78, 5) is 17.9. The van der Waals surface area contributed by atoms with E-state index >= 15 is 0 Å². The molecule has 3 nitrogen and oxygen atoms in total. The van der Waals surface area contributed by atoms with Gasteiger partial charge in [-0.1, -0.05) is 11.6 Å². The third-order valence-corrected chi connectivity index (χ3v) is 2.41. The molecule has 0 amide bonds. The SMILES string of the molecule is Cc1c(Cl)ccc2c(=O)[nH]cnc12. The van der Waals surface area contributed by atoms with E-state index in [-0.39, 0.29) is 5.56 Å². The highest BCUT2D eigenvalue weighted by molar-refractivity contribution is 6.32. The van der Waals surface area contributed by atoms with Crippen LogP contribution in [0.25, 0.3) is 10.9 Å². The number of aromatic nitrogens is 2. The largest absolute Gasteiger partial charge is 0.313 e. The Hall–Kier alpha value is -1.35. The van der Waals surface area contributed by atoms with Crippen LogP contribution in [-0.4, -0.2) is 9.97 Å². The molecule has 0 fully saturated rings. The van der Waals surface area contributed by atoms with Crippen molar-refractivity contribution in [3.05, 3.63) is 39.4 Å². The molecule has 0 saturated carbocycles. The minimum atomic E-state index is -0.134. The van der Waals surface area contributed by atoms with Crippen molar-refractivity contribution in [2.45, 2.75) is 6.92 Å². The van der Waals surface area contributed by atoms with Gasteiger partial charge in [-0.2, -0.15) is 0 Å². The van der Waals surface area contributed by atoms with E-state index in [1.165, 1.54) is 6.33 Å². The van der Waals surface area contributed by atoms with E-state index in [0.29, 0.717) is 15.9 Å². The molecule has 0 radical (unpaired) electrons. The first kappa shape index (κ1) is 8.26. The van der Waals surface area contributed by atoms with Crippen LogP contribution in [-0.2, 0) is 0 Å². The standard InChI is InChI=1S/C9H7ClN2O/c1-5-7(10)3-2-6-8(5)11-4-12-9(6)13/h2-4H,1H3,(H,11,12,13). The molecule has 1 aromatic carbocycles. The third-order valence-electron chi connectivity index (χ3n) is 2.00. The number of rotatable bonds is 0. The number of aryl methyl sites for hydroxylation is 1. The molecule has 0 atom stereocenters. The summed E-state index contributed by atoms with van der Waals surface area (Å²) in [6.45, 7) is 1.84. The molecule has 0 aliphatic heterocycles. The van der Waals surface area contributed by atoms with Crippen LogP contribution >= 0.6 is 11.6 Å². The van der Waals surface area contributed by atoms with E-state index in [0.717, 1.165) is 5.56 Å². The third kappa shape index (κ3) is 1.21. The summed E-state index contributed by atoms with van der Waals surface area (Å²) >= 11 is 5.89. The summed E-state index contributed by atoms with van der Waals surface area (Å²) < 4.78 is 0. The zero-order valence-corrected chi connectivity index (χ0v) is 7.72. The number of nitrogens with one attached hydrogen (secondary N) is 1. The summed E-state index contributed by atoms with van der Waals surface area (Å²) in [5.74, 6) is 0. The van der Waals surface area contributed by atoms with E-state index < -0.39 is 0 Å². The van der Waals surface area contributed by atoms with Crippen LogP contribution < -0.4 is 5.56 Å². The average molecular weight is 195 g/mol. The highest BCUT2D eigenvalue weighted by atomic mass is 35.5. The molecule has 4 heteroatoms. The Morgan fingerprint density at radius 3 is 3.00 bits per heavy atom. The Morgan fingerprint density at radius 1 is 1.46 bits per heavy atom. The second-order valence-electron chi connectivity index (χ2n) is 2.80. The quantitative estimate of drug-likeness (QED) is 0.696. The van der Waals surface area contributed by atoms with Crippen molar-refractivity contribution < 1.29 is 0 Å². The first-order chi connectivity index (χ1) is 6.20. The Bertz CT molecular complexity index is 518. The van der Waals surface area contributed by atoms with E-state index in [2.05, 4.69) is 9.97 Å². The molecule has 2 aromatic rings. The first-order valence-corrected chi connectivity index (χ1v) is 4.20. The minimum Gasteiger partial charge on any atom is -0.313 e. The van der Waals surface area contributed by atoms with Crippen LogP contribution in [0.1, 0.15) is 5.56 Å². The second-order valence-corrected chi connectivity index (χ2v) is 3.21. The molecular weight excluding hydrogens is 188 g/mol. The van der Waals surface area contributed by atoms with Gasteiger partial charge in [0.05, 0.1) is 17.2 Å². The maximum absolute atomic E-state index is 11.3. The van der Waals surface area contributed by atoms with Crippen molar-refractivity contribution in [3.8, 4) is 0 Å². The molecule has 1 N–H and O–H groups in total. The summed E-state index contributed by atoms with van der Waals surface area (Å²) in [6, 6.07) is 3.38. The number of fused-ring (bicyclic) bond motifs is 1. The fraction of sp³-hybridized carbons (Fsp3) is 0.111. The Balaban J connectivity index is 3.03. The van der Waals surface area contributed by atoms with Gasteiger partial charge >= 0.3 is 0 Å². The van der Waals surface area contributed by atoms with Gasteiger partial charge in [0.1, 0.15) is 0 Å². The van der Waals surface area contributed by atoms with Crippen LogP contribution in [0.15, 0.2) is 23.3 Å². The topological polar surface area (TPSA) is 45.8 Å². The van der Waals surface area contributed by atoms with Crippen LogP contribution in [0, 0.1) is 6.92 Å². The number of hydrogen-bond acceptors (Lipinski definition) is 2. The molecule has 13 heavy (non-hydrogen) atoms. The minimum absolute atomic E-state index is 0.134. The number of benzene rings is 1. The van der Waals surface area contributed by atoms with Gasteiger partial charge in [-0.3, -0.25) is 4.79 Å². The van der Waals surface area contributed by atoms with Gasteiger partial charge in [0.25, 0.3) is 5.56 Å². The van der Waals surface area contributed by atoms with Crippen molar-refractivity contribution in [1.82, 2.24) is 9.97 Å². The van der Waals surface area contributed by atoms with Crippen molar-refractivity contribution in [1.29, 1.82) is 0 Å². The molecule has 1 aromatic heterocycles. The number of H-pyrrole nitrogens is 1. The molecule has 0 spiro atoms. The van der Waals surface area contributed by atoms with Crippen LogP contribution in [0.5, 0.6) is 0 Å². The van der Waals surface area contributed by atoms with Gasteiger partial charge < -0.3 is 4.98 Å². The lowest BCUT2D eigenvalue weighted by atomic mass is 10.1. The molecule has 0 aliphatic rings. The molecule has 1 heterocycles. The number of aromatic amines is 1. The maximum atomic E-state index is 11.3. The summed E-state index contributed by atoms with van der Waals surface area (Å²) in [7, 11) is 0. The summed E-state index contributed by atoms with van der Waals surface area (Å²) in [5.41, 5.74) is 1.37. The van der Waals surface area contributed by atoms with Gasteiger partial charge in [0.2, 0.25) is 0 Å². The van der Waals surface area contributed by atoms with Gasteiger partial charge in [-0.25, -0.2) is 4.98 Å². The molecule has 0 saturated heterocycles. The fourth-order valence-electron chi connectivity index (χ4n) is 1.26. The number of hydrogen-bond donors (Lipinski definition) is 1. The van der Waals surface area contributed by atoms with Crippen molar-refractivity contribution in [3.63, 3.8) is 0 Å². The highest BCUT2D eigenvalue weighted by Crippen LogP contribution is 2.20. The predicted molar refractivity (Wildman–Crippen MR) is 52.1 cm³/mol.